The third-order valence-corrected chi connectivity index (χ3v) is 17.6. The van der Waals surface area contributed by atoms with Gasteiger partial charge in [-0.2, -0.15) is 0 Å². The van der Waals surface area contributed by atoms with Gasteiger partial charge in [0.25, 0.3) is 0 Å². The third kappa shape index (κ3) is 43.2. The van der Waals surface area contributed by atoms with Gasteiger partial charge in [0.05, 0.1) is 32.0 Å². The maximum absolute atomic E-state index is 13.3. The van der Waals surface area contributed by atoms with Gasteiger partial charge in [0.15, 0.2) is 12.6 Å². The molecular formula is C76H135NO13. The van der Waals surface area contributed by atoms with Gasteiger partial charge in [0.2, 0.25) is 5.91 Å². The van der Waals surface area contributed by atoms with Gasteiger partial charge in [-0.15, -0.1) is 0 Å². The Balaban J connectivity index is 1.61. The molecule has 2 aliphatic heterocycles. The van der Waals surface area contributed by atoms with Crippen molar-refractivity contribution in [1.82, 2.24) is 5.32 Å². The van der Waals surface area contributed by atoms with Crippen molar-refractivity contribution >= 4 is 5.91 Å². The van der Waals surface area contributed by atoms with Crippen molar-refractivity contribution in [1.29, 1.82) is 0 Å². The third-order valence-electron chi connectivity index (χ3n) is 17.6. The normalized spacial score (nSPS) is 23.4. The molecule has 12 atom stereocenters. The Labute approximate surface area is 548 Å². The van der Waals surface area contributed by atoms with E-state index in [1.54, 1.807) is 6.08 Å². The number of carbonyl (C=O) groups is 1. The van der Waals surface area contributed by atoms with Gasteiger partial charge in [-0.1, -0.05) is 298 Å². The molecule has 0 spiro atoms. The first-order chi connectivity index (χ1) is 44.1. The van der Waals surface area contributed by atoms with Crippen LogP contribution in [0.4, 0.5) is 0 Å². The first-order valence-electron chi connectivity index (χ1n) is 36.8. The van der Waals surface area contributed by atoms with Crippen molar-refractivity contribution in [2.24, 2.45) is 0 Å². The second-order valence-electron chi connectivity index (χ2n) is 25.7. The number of hydrogen-bond acceptors (Lipinski definition) is 13. The van der Waals surface area contributed by atoms with E-state index in [-0.39, 0.29) is 18.9 Å². The van der Waals surface area contributed by atoms with Crippen LogP contribution in [0.3, 0.4) is 0 Å². The number of unbranched alkanes of at least 4 members (excludes halogenated alkanes) is 35. The number of aliphatic hydroxyl groups is 8. The van der Waals surface area contributed by atoms with Crippen LogP contribution in [-0.2, 0) is 23.7 Å². The van der Waals surface area contributed by atoms with Crippen molar-refractivity contribution < 1.29 is 64.6 Å². The monoisotopic (exact) mass is 1270 g/mol. The molecule has 522 valence electrons. The maximum Gasteiger partial charge on any atom is 0.220 e. The standard InChI is InChI=1S/C76H135NO13/c1-3-5-7-9-11-13-15-17-19-21-23-24-25-26-27-28-29-30-31-32-33-34-35-36-37-38-39-40-42-44-46-48-50-52-54-56-58-60-68(81)77-64(65(80)59-57-55-53-51-49-47-45-43-41-22-20-18-16-14-12-10-8-6-4-2)63-87-75-73(86)71(84)74(67(62-79)89-75)90-76-72(85)70(83)69(82)66(61-78)88-76/h5,7,11,13,17,19,23-24,26-27,49,51,57,59,64-67,69-76,78-80,82-86H,3-4,6,8-10,12,14-16,18,20-22,25,28-48,50,52-56,58,60-63H2,1-2H3,(H,77,81)/b7-5-,13-11-,19-17-,24-23-,27-26-,51-49+,59-57+. The highest BCUT2D eigenvalue weighted by molar-refractivity contribution is 5.76. The highest BCUT2D eigenvalue weighted by Crippen LogP contribution is 2.30. The van der Waals surface area contributed by atoms with E-state index in [1.807, 2.05) is 6.08 Å². The SMILES string of the molecule is CC/C=C\C/C=C\C/C=C\C/C=C\C/C=C\CCCCCCCCCCCCCCCCCCCCCCCC(=O)NC(COC1OC(CO)C(OC2OC(CO)C(O)C(O)C2O)C(O)C1O)C(O)/C=C/CC/C=C/CCCCCCCCCCCCCCC. The number of aliphatic hydroxyl groups excluding tert-OH is 8. The largest absolute Gasteiger partial charge is 0.394 e. The molecule has 0 aromatic rings. The smallest absolute Gasteiger partial charge is 0.220 e. The molecule has 90 heavy (non-hydrogen) atoms. The van der Waals surface area contributed by atoms with Crippen LogP contribution < -0.4 is 5.32 Å². The summed E-state index contributed by atoms with van der Waals surface area (Å²) in [6, 6.07) is -0.934. The molecule has 0 saturated carbocycles. The number of amides is 1. The van der Waals surface area contributed by atoms with Gasteiger partial charge in [-0.05, 0) is 77.0 Å². The highest BCUT2D eigenvalue weighted by Gasteiger charge is 2.51. The summed E-state index contributed by atoms with van der Waals surface area (Å²) in [5, 5.41) is 87.4. The molecule has 0 aliphatic carbocycles. The average Bonchev–Trinajstić information content (AvgIpc) is 1.58. The molecule has 2 heterocycles. The van der Waals surface area contributed by atoms with Crippen molar-refractivity contribution in [2.45, 2.75) is 370 Å². The van der Waals surface area contributed by atoms with E-state index >= 15 is 0 Å². The number of carbonyl (C=O) groups excluding carboxylic acids is 1. The van der Waals surface area contributed by atoms with Crippen LogP contribution in [-0.4, -0.2) is 140 Å². The minimum Gasteiger partial charge on any atom is -0.394 e. The van der Waals surface area contributed by atoms with E-state index in [0.29, 0.717) is 12.8 Å². The first kappa shape index (κ1) is 83.3. The Kier molecular flexibility index (Phi) is 55.4. The second-order valence-corrected chi connectivity index (χ2v) is 25.7. The summed E-state index contributed by atoms with van der Waals surface area (Å²) < 4.78 is 22.8. The molecule has 9 N–H and O–H groups in total. The van der Waals surface area contributed by atoms with Crippen molar-refractivity contribution in [3.05, 3.63) is 85.1 Å². The minimum atomic E-state index is -1.79. The van der Waals surface area contributed by atoms with Gasteiger partial charge in [-0.3, -0.25) is 4.79 Å². The van der Waals surface area contributed by atoms with Crippen molar-refractivity contribution in [3.8, 4) is 0 Å². The molecule has 0 radical (unpaired) electrons. The van der Waals surface area contributed by atoms with Gasteiger partial charge in [0.1, 0.15) is 48.8 Å². The number of hydrogen-bond donors (Lipinski definition) is 9. The summed E-state index contributed by atoms with van der Waals surface area (Å²) in [6.45, 7) is 2.69. The lowest BCUT2D eigenvalue weighted by Crippen LogP contribution is -2.65. The predicted molar refractivity (Wildman–Crippen MR) is 369 cm³/mol. The van der Waals surface area contributed by atoms with Crippen LogP contribution in [0, 0.1) is 0 Å². The number of nitrogens with one attached hydrogen (secondary N) is 1. The lowest BCUT2D eigenvalue weighted by molar-refractivity contribution is -0.359. The van der Waals surface area contributed by atoms with E-state index in [2.05, 4.69) is 92.1 Å². The molecular weight excluding hydrogens is 1130 g/mol. The molecule has 2 aliphatic rings. The van der Waals surface area contributed by atoms with Gasteiger partial charge in [0, 0.05) is 6.42 Å². The van der Waals surface area contributed by atoms with Gasteiger partial charge < -0.3 is 65.1 Å². The average molecular weight is 1270 g/mol. The fourth-order valence-electron chi connectivity index (χ4n) is 11.7. The Morgan fingerprint density at radius 1 is 0.411 bits per heavy atom. The zero-order chi connectivity index (χ0) is 65.2. The summed E-state index contributed by atoms with van der Waals surface area (Å²) in [5.74, 6) is -0.246. The molecule has 2 saturated heterocycles. The van der Waals surface area contributed by atoms with E-state index in [1.165, 1.54) is 199 Å². The number of rotatable bonds is 60. The van der Waals surface area contributed by atoms with Crippen LogP contribution in [0.25, 0.3) is 0 Å². The summed E-state index contributed by atoms with van der Waals surface area (Å²) >= 11 is 0. The second kappa shape index (κ2) is 59.9. The fraction of sp³-hybridized carbons (Fsp3) is 0.803. The van der Waals surface area contributed by atoms with E-state index in [9.17, 15) is 45.6 Å². The molecule has 0 bridgehead atoms. The first-order valence-corrected chi connectivity index (χ1v) is 36.8. The van der Waals surface area contributed by atoms with E-state index in [4.69, 9.17) is 18.9 Å². The lowest BCUT2D eigenvalue weighted by atomic mass is 9.97. The van der Waals surface area contributed by atoms with Gasteiger partial charge in [-0.25, -0.2) is 0 Å². The Morgan fingerprint density at radius 3 is 1.22 bits per heavy atom. The molecule has 14 nitrogen and oxygen atoms in total. The van der Waals surface area contributed by atoms with E-state index < -0.39 is 86.8 Å². The number of ether oxygens (including phenoxy) is 4. The van der Waals surface area contributed by atoms with Crippen molar-refractivity contribution in [2.75, 3.05) is 19.8 Å². The number of allylic oxidation sites excluding steroid dienone is 13. The highest BCUT2D eigenvalue weighted by atomic mass is 16.7. The van der Waals surface area contributed by atoms with E-state index in [0.717, 1.165) is 64.2 Å². The fourth-order valence-corrected chi connectivity index (χ4v) is 11.7. The molecule has 12 unspecified atom stereocenters. The molecule has 0 aromatic heterocycles. The summed E-state index contributed by atoms with van der Waals surface area (Å²) in [7, 11) is 0. The predicted octanol–water partition coefficient (Wildman–Crippen LogP) is 15.6. The Bertz CT molecular complexity index is 1830. The zero-order valence-electron chi connectivity index (χ0n) is 56.9. The minimum absolute atomic E-state index is 0.246. The summed E-state index contributed by atoms with van der Waals surface area (Å²) in [5.41, 5.74) is 0. The Morgan fingerprint density at radius 2 is 0.778 bits per heavy atom. The molecule has 1 amide bonds. The summed E-state index contributed by atoms with van der Waals surface area (Å²) in [6.07, 6.45) is 66.5. The van der Waals surface area contributed by atoms with Crippen LogP contribution in [0.1, 0.15) is 296 Å². The molecule has 2 fully saturated rings. The lowest BCUT2D eigenvalue weighted by Gasteiger charge is -2.46. The quantitative estimate of drug-likeness (QED) is 0.0204. The Hall–Kier alpha value is -2.83. The molecule has 2 rings (SSSR count). The van der Waals surface area contributed by atoms with Crippen LogP contribution in [0.15, 0.2) is 85.1 Å². The van der Waals surface area contributed by atoms with Crippen molar-refractivity contribution in [3.63, 3.8) is 0 Å². The topological polar surface area (TPSA) is 228 Å². The molecule has 0 aromatic carbocycles. The molecule has 14 heteroatoms. The van der Waals surface area contributed by atoms with Crippen LogP contribution in [0.2, 0.25) is 0 Å². The van der Waals surface area contributed by atoms with Crippen LogP contribution in [0.5, 0.6) is 0 Å². The zero-order valence-corrected chi connectivity index (χ0v) is 56.9. The van der Waals surface area contributed by atoms with Gasteiger partial charge >= 0.3 is 0 Å². The van der Waals surface area contributed by atoms with Crippen LogP contribution >= 0.6 is 0 Å². The summed E-state index contributed by atoms with van der Waals surface area (Å²) in [4.78, 5) is 13.3. The maximum atomic E-state index is 13.3.